The largest absolute Gasteiger partial charge is 0.490 e. The summed E-state index contributed by atoms with van der Waals surface area (Å²) in [6.45, 7) is 17.6. The molecule has 0 fully saturated rings. The van der Waals surface area contributed by atoms with Crippen molar-refractivity contribution < 1.29 is 38.0 Å². The van der Waals surface area contributed by atoms with Gasteiger partial charge in [0.15, 0.2) is 34.6 Å². The van der Waals surface area contributed by atoms with Crippen LogP contribution in [0.15, 0.2) is 109 Å². The van der Waals surface area contributed by atoms with Gasteiger partial charge in [0.05, 0.1) is 39.6 Å². The molecular weight excluding hydrogens is 1650 g/mol. The zero-order valence-electron chi connectivity index (χ0n) is 81.0. The van der Waals surface area contributed by atoms with Gasteiger partial charge in [0.2, 0.25) is 11.5 Å². The molecule has 8 aromatic rings. The first-order valence-electron chi connectivity index (χ1n) is 52.9. The fourth-order valence-electron chi connectivity index (χ4n) is 18.6. The van der Waals surface area contributed by atoms with Crippen LogP contribution in [0, 0.1) is 0 Å². The standard InChI is InChI=1S/C116H168O8S4/c1-7-13-19-25-31-37-43-49-55-61-79-119-101-85-91(86-102(120-80-62-56-50-44-38-32-26-20-14-8-2)115(101)123-83-65-59-53-47-41-35-29-23-17-11-5)105-71-75-109(125-105)111-77-73-107(127-111)97-89-99(117)95-70-68-94-98(90-100(118)96-69-67-93(97)113(95)114(94)96)108-74-78-112(128-108)110-76-72-106(126-110)92-87-103(121-81-63-57-51-45-39-33-27-21-15-9-3)116(124-84-66-60-54-48-42-36-30-24-18-12-6)104(88-92)122-82-64-58-52-46-40-34-28-22-16-10-4/h67-78,85-90H,7-66,79-84H2,1-6H3. The van der Waals surface area contributed by atoms with Crippen LogP contribution in [0.5, 0.6) is 34.5 Å². The predicted octanol–water partition coefficient (Wildman–Crippen LogP) is 38.8. The first-order chi connectivity index (χ1) is 63.2. The Bertz CT molecular complexity index is 4090. The van der Waals surface area contributed by atoms with Gasteiger partial charge in [0, 0.05) is 72.1 Å². The molecule has 704 valence electrons. The van der Waals surface area contributed by atoms with Gasteiger partial charge in [-0.25, -0.2) is 0 Å². The van der Waals surface area contributed by atoms with Gasteiger partial charge in [-0.3, -0.25) is 9.59 Å². The monoisotopic (exact) mass is 1820 g/mol. The van der Waals surface area contributed by atoms with E-state index in [1.165, 1.54) is 308 Å². The first-order valence-corrected chi connectivity index (χ1v) is 56.2. The molecular formula is C116H168O8S4. The van der Waals surface area contributed by atoms with Gasteiger partial charge in [-0.05, 0) is 158 Å². The summed E-state index contributed by atoms with van der Waals surface area (Å²) in [5.41, 5.74) is 7.16. The van der Waals surface area contributed by atoms with Crippen LogP contribution in [-0.2, 0) is 0 Å². The van der Waals surface area contributed by atoms with Gasteiger partial charge in [0.1, 0.15) is 0 Å². The van der Waals surface area contributed by atoms with Crippen molar-refractivity contribution in [1.82, 2.24) is 0 Å². The molecule has 4 heterocycles. The molecule has 4 aromatic heterocycles. The first kappa shape index (κ1) is 104. The quantitative estimate of drug-likeness (QED) is 0.0348. The summed E-state index contributed by atoms with van der Waals surface area (Å²) in [5.74, 6) is 4.55. The second kappa shape index (κ2) is 62.9. The normalized spacial score (nSPS) is 12.5. The number of thiophene rings is 4. The number of ether oxygens (including phenoxy) is 6. The molecule has 2 aliphatic rings. The minimum Gasteiger partial charge on any atom is -0.490 e. The van der Waals surface area contributed by atoms with Crippen LogP contribution >= 0.6 is 45.3 Å². The molecule has 0 saturated heterocycles. The van der Waals surface area contributed by atoms with Gasteiger partial charge in [0.25, 0.3) is 0 Å². The molecule has 2 aliphatic carbocycles. The van der Waals surface area contributed by atoms with Crippen LogP contribution in [0.1, 0.15) is 468 Å². The van der Waals surface area contributed by atoms with Crippen LogP contribution in [0.2, 0.25) is 0 Å². The van der Waals surface area contributed by atoms with E-state index in [1.807, 2.05) is 24.3 Å². The van der Waals surface area contributed by atoms with Crippen molar-refractivity contribution in [3.05, 3.63) is 141 Å². The Kier molecular flexibility index (Phi) is 50.9. The topological polar surface area (TPSA) is 89.5 Å². The molecule has 0 aliphatic heterocycles. The minimum atomic E-state index is -0.0413. The molecule has 4 aromatic carbocycles. The molecule has 0 saturated carbocycles. The lowest BCUT2D eigenvalue weighted by Crippen LogP contribution is -2.12. The van der Waals surface area contributed by atoms with Crippen LogP contribution in [0.3, 0.4) is 0 Å². The third kappa shape index (κ3) is 35.5. The summed E-state index contributed by atoms with van der Waals surface area (Å²) in [6.07, 6.45) is 80.1. The van der Waals surface area contributed by atoms with Crippen LogP contribution in [-0.4, -0.2) is 51.2 Å². The molecule has 0 amide bonds. The number of hydrogen-bond acceptors (Lipinski definition) is 12. The van der Waals surface area contributed by atoms with E-state index < -0.39 is 0 Å². The molecule has 12 heteroatoms. The highest BCUT2D eigenvalue weighted by atomic mass is 32.1. The Balaban J connectivity index is 0.862. The van der Waals surface area contributed by atoms with E-state index in [0.717, 1.165) is 195 Å². The lowest BCUT2D eigenvalue weighted by atomic mass is 9.79. The number of rotatable bonds is 78. The fourth-order valence-corrected chi connectivity index (χ4v) is 22.8. The second-order valence-corrected chi connectivity index (χ2v) is 41.7. The SMILES string of the molecule is CCCCCCCCCCCCOc1cc(-c2ccc(-c3ccc(C4=CC(=O)c5ccc6c7c(ccc4c57)C(=O)C=C6c4ccc(-c5ccc(-c6cc(OCCCCCCCCCCCC)c(OCCCCCCCCCCCC)c(OCCCCCCCCCCCC)c6)s5)s4)s3)s2)cc(OCCCCCCCCCCCC)c1OCCCCCCCCCCCC. The maximum atomic E-state index is 14.7. The van der Waals surface area contributed by atoms with Crippen molar-refractivity contribution in [3.8, 4) is 74.9 Å². The molecule has 0 atom stereocenters. The van der Waals surface area contributed by atoms with Crippen LogP contribution in [0.25, 0.3) is 62.3 Å². The number of benzene rings is 4. The van der Waals surface area contributed by atoms with Gasteiger partial charge >= 0.3 is 0 Å². The molecule has 128 heavy (non-hydrogen) atoms. The molecule has 10 rings (SSSR count). The highest BCUT2D eigenvalue weighted by molar-refractivity contribution is 7.25. The van der Waals surface area contributed by atoms with Crippen LogP contribution < -0.4 is 28.4 Å². The van der Waals surface area contributed by atoms with Crippen molar-refractivity contribution in [1.29, 1.82) is 0 Å². The smallest absolute Gasteiger partial charge is 0.203 e. The predicted molar refractivity (Wildman–Crippen MR) is 557 cm³/mol. The summed E-state index contributed by atoms with van der Waals surface area (Å²) in [6, 6.07) is 34.8. The van der Waals surface area contributed by atoms with Crippen LogP contribution in [0.4, 0.5) is 0 Å². The lowest BCUT2D eigenvalue weighted by Gasteiger charge is -2.24. The van der Waals surface area contributed by atoms with Crippen molar-refractivity contribution in [3.63, 3.8) is 0 Å². The Morgan fingerprint density at radius 1 is 0.195 bits per heavy atom. The average molecular weight is 1820 g/mol. The third-order valence-electron chi connectivity index (χ3n) is 26.4. The molecule has 0 unspecified atom stereocenters. The van der Waals surface area contributed by atoms with E-state index >= 15 is 0 Å². The number of carbonyl (C=O) groups excluding carboxylic acids is 2. The van der Waals surface area contributed by atoms with Gasteiger partial charge < -0.3 is 28.4 Å². The Hall–Kier alpha value is -6.44. The van der Waals surface area contributed by atoms with Gasteiger partial charge in [-0.15, -0.1) is 45.3 Å². The summed E-state index contributed by atoms with van der Waals surface area (Å²) >= 11 is 7.00. The minimum absolute atomic E-state index is 0.0413. The van der Waals surface area contributed by atoms with Crippen molar-refractivity contribution in [2.24, 2.45) is 0 Å². The maximum Gasteiger partial charge on any atom is 0.203 e. The van der Waals surface area contributed by atoms with E-state index in [-0.39, 0.29) is 11.6 Å². The molecule has 0 bridgehead atoms. The van der Waals surface area contributed by atoms with Gasteiger partial charge in [-0.1, -0.05) is 400 Å². The van der Waals surface area contributed by atoms with Gasteiger partial charge in [-0.2, -0.15) is 0 Å². The number of hydrogen-bond donors (Lipinski definition) is 0. The highest BCUT2D eigenvalue weighted by Crippen LogP contribution is 2.52. The number of carbonyl (C=O) groups is 2. The molecule has 0 spiro atoms. The summed E-state index contributed by atoms with van der Waals surface area (Å²) in [4.78, 5) is 38.3. The molecule has 0 radical (unpaired) electrons. The van der Waals surface area contributed by atoms with Crippen molar-refractivity contribution in [2.45, 2.75) is 427 Å². The lowest BCUT2D eigenvalue weighted by molar-refractivity contribution is 0.103. The van der Waals surface area contributed by atoms with E-state index in [0.29, 0.717) is 50.8 Å². The summed E-state index contributed by atoms with van der Waals surface area (Å²) in [7, 11) is 0. The Morgan fingerprint density at radius 3 is 0.602 bits per heavy atom. The maximum absolute atomic E-state index is 14.7. The zero-order valence-corrected chi connectivity index (χ0v) is 84.2. The number of ketones is 2. The summed E-state index contributed by atoms with van der Waals surface area (Å²) in [5, 5.41) is 1.72. The zero-order chi connectivity index (χ0) is 89.5. The highest BCUT2D eigenvalue weighted by Gasteiger charge is 2.31. The second-order valence-electron chi connectivity index (χ2n) is 37.4. The van der Waals surface area contributed by atoms with Crippen molar-refractivity contribution in [2.75, 3.05) is 39.6 Å². The summed E-state index contributed by atoms with van der Waals surface area (Å²) < 4.78 is 41.3. The molecule has 0 N–H and O–H groups in total. The van der Waals surface area contributed by atoms with E-state index in [9.17, 15) is 9.59 Å². The Labute approximate surface area is 793 Å². The number of allylic oxidation sites excluding steroid dienone is 2. The third-order valence-corrected chi connectivity index (χ3v) is 31.3. The van der Waals surface area contributed by atoms with Crippen molar-refractivity contribution >= 4 is 78.8 Å². The van der Waals surface area contributed by atoms with E-state index in [2.05, 4.69) is 126 Å². The average Bonchev–Trinajstić information content (AvgIpc) is 0.988. The number of unbranched alkanes of at least 4 members (excludes halogenated alkanes) is 54. The molecule has 8 nitrogen and oxygen atoms in total. The fraction of sp³-hybridized carbons (Fsp3) is 0.621. The Morgan fingerprint density at radius 2 is 0.375 bits per heavy atom. The van der Waals surface area contributed by atoms with E-state index in [1.54, 1.807) is 45.3 Å². The van der Waals surface area contributed by atoms with E-state index in [4.69, 9.17) is 28.4 Å².